The summed E-state index contributed by atoms with van der Waals surface area (Å²) in [6.45, 7) is 12.4. The monoisotopic (exact) mass is 381 g/mol. The molecule has 28 heavy (non-hydrogen) atoms. The van der Waals surface area contributed by atoms with Crippen molar-refractivity contribution in [2.24, 2.45) is 0 Å². The second-order valence-corrected chi connectivity index (χ2v) is 8.73. The molecule has 0 N–H and O–H groups in total. The first-order valence-corrected chi connectivity index (χ1v) is 9.99. The number of nitrogens with zero attached hydrogens (tertiary/aromatic N) is 1. The van der Waals surface area contributed by atoms with Gasteiger partial charge in [0.2, 0.25) is 0 Å². The van der Waals surface area contributed by atoms with Gasteiger partial charge >= 0.3 is 0 Å². The van der Waals surface area contributed by atoms with Gasteiger partial charge in [-0.1, -0.05) is 45.0 Å². The number of carbonyl (C=O) groups excluding carboxylic acids is 1. The SMILES string of the molecule is CC1CN(C(=O)c2ccc(COc3ccc(C(C)(C)C)cc3)cc2)CC(C)O1. The molecular weight excluding hydrogens is 350 g/mol. The van der Waals surface area contributed by atoms with Crippen LogP contribution < -0.4 is 4.74 Å². The van der Waals surface area contributed by atoms with Crippen LogP contribution >= 0.6 is 0 Å². The summed E-state index contributed by atoms with van der Waals surface area (Å²) < 4.78 is 11.6. The Kier molecular flexibility index (Phi) is 6.09. The van der Waals surface area contributed by atoms with Gasteiger partial charge in [-0.05, 0) is 54.7 Å². The van der Waals surface area contributed by atoms with Gasteiger partial charge in [-0.25, -0.2) is 0 Å². The lowest BCUT2D eigenvalue weighted by molar-refractivity contribution is -0.0586. The second-order valence-electron chi connectivity index (χ2n) is 8.73. The fraction of sp³-hybridized carbons (Fsp3) is 0.458. The fourth-order valence-corrected chi connectivity index (χ4v) is 3.49. The van der Waals surface area contributed by atoms with Gasteiger partial charge in [-0.3, -0.25) is 4.79 Å². The Morgan fingerprint density at radius 1 is 1.00 bits per heavy atom. The van der Waals surface area contributed by atoms with Crippen LogP contribution in [0.1, 0.15) is 56.1 Å². The summed E-state index contributed by atoms with van der Waals surface area (Å²) >= 11 is 0. The van der Waals surface area contributed by atoms with Gasteiger partial charge in [0, 0.05) is 18.7 Å². The third-order valence-corrected chi connectivity index (χ3v) is 5.03. The number of benzene rings is 2. The second kappa shape index (κ2) is 8.36. The third-order valence-electron chi connectivity index (χ3n) is 5.03. The zero-order valence-corrected chi connectivity index (χ0v) is 17.6. The maximum Gasteiger partial charge on any atom is 0.254 e. The molecule has 4 heteroatoms. The Hall–Kier alpha value is -2.33. The van der Waals surface area contributed by atoms with E-state index in [1.54, 1.807) is 0 Å². The molecule has 1 aliphatic rings. The van der Waals surface area contributed by atoms with Crippen molar-refractivity contribution in [2.45, 2.75) is 58.8 Å². The van der Waals surface area contributed by atoms with E-state index in [-0.39, 0.29) is 23.5 Å². The first kappa shape index (κ1) is 20.4. The molecule has 0 aliphatic carbocycles. The maximum absolute atomic E-state index is 12.7. The van der Waals surface area contributed by atoms with E-state index in [0.29, 0.717) is 25.3 Å². The van der Waals surface area contributed by atoms with Crippen molar-refractivity contribution in [1.82, 2.24) is 4.90 Å². The van der Waals surface area contributed by atoms with Crippen LogP contribution in [0.2, 0.25) is 0 Å². The molecule has 0 bridgehead atoms. The van der Waals surface area contributed by atoms with Crippen molar-refractivity contribution in [3.8, 4) is 5.75 Å². The lowest BCUT2D eigenvalue weighted by Crippen LogP contribution is -2.48. The minimum atomic E-state index is 0.0623. The highest BCUT2D eigenvalue weighted by Crippen LogP contribution is 2.24. The molecule has 0 aromatic heterocycles. The topological polar surface area (TPSA) is 38.8 Å². The minimum Gasteiger partial charge on any atom is -0.489 e. The van der Waals surface area contributed by atoms with Crippen molar-refractivity contribution >= 4 is 5.91 Å². The first-order chi connectivity index (χ1) is 13.2. The van der Waals surface area contributed by atoms with Gasteiger partial charge in [0.25, 0.3) is 5.91 Å². The van der Waals surface area contributed by atoms with Crippen LogP contribution in [0, 0.1) is 0 Å². The number of hydrogen-bond donors (Lipinski definition) is 0. The number of rotatable bonds is 4. The van der Waals surface area contributed by atoms with Crippen LogP contribution in [0.5, 0.6) is 5.75 Å². The van der Waals surface area contributed by atoms with Crippen LogP contribution in [-0.2, 0) is 16.8 Å². The standard InChI is InChI=1S/C24H31NO3/c1-17-14-25(15-18(2)28-17)23(26)20-8-6-19(7-9-20)16-27-22-12-10-21(11-13-22)24(3,4)5/h6-13,17-18H,14-16H2,1-5H3. The van der Waals surface area contributed by atoms with Gasteiger partial charge in [-0.2, -0.15) is 0 Å². The smallest absolute Gasteiger partial charge is 0.254 e. The highest BCUT2D eigenvalue weighted by Gasteiger charge is 2.26. The van der Waals surface area contributed by atoms with Gasteiger partial charge in [0.15, 0.2) is 0 Å². The fourth-order valence-electron chi connectivity index (χ4n) is 3.49. The van der Waals surface area contributed by atoms with E-state index in [1.807, 2.05) is 55.1 Å². The van der Waals surface area contributed by atoms with Crippen LogP contribution in [-0.4, -0.2) is 36.1 Å². The molecular formula is C24H31NO3. The number of carbonyl (C=O) groups is 1. The summed E-state index contributed by atoms with van der Waals surface area (Å²) in [5, 5.41) is 0. The van der Waals surface area contributed by atoms with Gasteiger partial charge in [0.05, 0.1) is 12.2 Å². The molecule has 0 spiro atoms. The van der Waals surface area contributed by atoms with E-state index in [1.165, 1.54) is 5.56 Å². The highest BCUT2D eigenvalue weighted by atomic mass is 16.5. The average molecular weight is 382 g/mol. The number of hydrogen-bond acceptors (Lipinski definition) is 3. The molecule has 2 unspecified atom stereocenters. The Morgan fingerprint density at radius 2 is 1.57 bits per heavy atom. The molecule has 1 heterocycles. The quantitative estimate of drug-likeness (QED) is 0.763. The molecule has 4 nitrogen and oxygen atoms in total. The average Bonchev–Trinajstić information content (AvgIpc) is 2.65. The molecule has 1 saturated heterocycles. The summed E-state index contributed by atoms with van der Waals surface area (Å²) in [7, 11) is 0. The van der Waals surface area contributed by atoms with Crippen LogP contribution in [0.4, 0.5) is 0 Å². The van der Waals surface area contributed by atoms with Crippen molar-refractivity contribution in [1.29, 1.82) is 0 Å². The molecule has 3 rings (SSSR count). The van der Waals surface area contributed by atoms with E-state index in [4.69, 9.17) is 9.47 Å². The summed E-state index contributed by atoms with van der Waals surface area (Å²) in [6, 6.07) is 15.9. The van der Waals surface area contributed by atoms with E-state index in [0.717, 1.165) is 11.3 Å². The predicted octanol–water partition coefficient (Wildman–Crippen LogP) is 4.81. The van der Waals surface area contributed by atoms with Crippen LogP contribution in [0.3, 0.4) is 0 Å². The molecule has 150 valence electrons. The highest BCUT2D eigenvalue weighted by molar-refractivity contribution is 5.94. The normalized spacial score (nSPS) is 20.1. The Labute approximate surface area is 168 Å². The molecule has 1 fully saturated rings. The summed E-state index contributed by atoms with van der Waals surface area (Å²) in [6.07, 6.45) is 0.148. The molecule has 0 radical (unpaired) electrons. The Balaban J connectivity index is 1.58. The van der Waals surface area contributed by atoms with E-state index >= 15 is 0 Å². The number of amides is 1. The molecule has 1 amide bonds. The number of morpholine rings is 1. The lowest BCUT2D eigenvalue weighted by Gasteiger charge is -2.35. The van der Waals surface area contributed by atoms with Crippen LogP contribution in [0.25, 0.3) is 0 Å². The molecule has 2 aromatic rings. The molecule has 2 aromatic carbocycles. The molecule has 2 atom stereocenters. The minimum absolute atomic E-state index is 0.0623. The number of ether oxygens (including phenoxy) is 2. The van der Waals surface area contributed by atoms with Crippen molar-refractivity contribution < 1.29 is 14.3 Å². The van der Waals surface area contributed by atoms with Gasteiger partial charge in [0.1, 0.15) is 12.4 Å². The maximum atomic E-state index is 12.7. The van der Waals surface area contributed by atoms with Crippen LogP contribution in [0.15, 0.2) is 48.5 Å². The van der Waals surface area contributed by atoms with Crippen molar-refractivity contribution in [3.05, 3.63) is 65.2 Å². The predicted molar refractivity (Wildman–Crippen MR) is 112 cm³/mol. The molecule has 1 aliphatic heterocycles. The summed E-state index contributed by atoms with van der Waals surface area (Å²) in [5.41, 5.74) is 3.17. The largest absolute Gasteiger partial charge is 0.489 e. The van der Waals surface area contributed by atoms with E-state index < -0.39 is 0 Å². The van der Waals surface area contributed by atoms with E-state index in [2.05, 4.69) is 32.9 Å². The lowest BCUT2D eigenvalue weighted by atomic mass is 9.87. The summed E-state index contributed by atoms with van der Waals surface area (Å²) in [4.78, 5) is 14.6. The van der Waals surface area contributed by atoms with Gasteiger partial charge < -0.3 is 14.4 Å². The Bertz CT molecular complexity index is 780. The van der Waals surface area contributed by atoms with Gasteiger partial charge in [-0.15, -0.1) is 0 Å². The zero-order valence-electron chi connectivity index (χ0n) is 17.6. The van der Waals surface area contributed by atoms with Crippen molar-refractivity contribution in [3.63, 3.8) is 0 Å². The first-order valence-electron chi connectivity index (χ1n) is 9.99. The third kappa shape index (κ3) is 5.14. The van der Waals surface area contributed by atoms with E-state index in [9.17, 15) is 4.79 Å². The van der Waals surface area contributed by atoms with Crippen molar-refractivity contribution in [2.75, 3.05) is 13.1 Å². The zero-order chi connectivity index (χ0) is 20.3. The Morgan fingerprint density at radius 3 is 2.11 bits per heavy atom. The summed E-state index contributed by atoms with van der Waals surface area (Å²) in [5.74, 6) is 0.914. The molecule has 0 saturated carbocycles.